The zero-order valence-corrected chi connectivity index (χ0v) is 17.1. The summed E-state index contributed by atoms with van der Waals surface area (Å²) in [5, 5.41) is 7.58. The third-order valence-electron chi connectivity index (χ3n) is 3.98. The number of carbonyl (C=O) groups excluding carboxylic acids is 1. The van der Waals surface area contributed by atoms with Crippen molar-refractivity contribution in [3.8, 4) is 11.4 Å². The Hall–Kier alpha value is -2.63. The lowest BCUT2D eigenvalue weighted by atomic mass is 10.3. The molecule has 154 valence electrons. The van der Waals surface area contributed by atoms with E-state index >= 15 is 0 Å². The maximum Gasteiger partial charge on any atom is 0.306 e. The number of hydrogen-bond donors (Lipinski definition) is 0. The summed E-state index contributed by atoms with van der Waals surface area (Å²) in [5.41, 5.74) is 0.821. The van der Waals surface area contributed by atoms with Gasteiger partial charge in [-0.15, -0.1) is 0 Å². The minimum atomic E-state index is -3.75. The van der Waals surface area contributed by atoms with Crippen LogP contribution in [0.3, 0.4) is 0 Å². The van der Waals surface area contributed by atoms with E-state index in [1.165, 1.54) is 30.5 Å². The van der Waals surface area contributed by atoms with Crippen LogP contribution in [0.2, 0.25) is 0 Å². The van der Waals surface area contributed by atoms with Gasteiger partial charge in [0.05, 0.1) is 4.90 Å². The average Bonchev–Trinajstić information content (AvgIpc) is 3.38. The highest BCUT2D eigenvalue weighted by molar-refractivity contribution is 7.89. The predicted octanol–water partition coefficient (Wildman–Crippen LogP) is 3.08. The number of nitrogens with zero attached hydrogens (tertiary/aromatic N) is 3. The molecule has 2 heterocycles. The molecule has 0 aliphatic carbocycles. The lowest BCUT2D eigenvalue weighted by Crippen LogP contribution is -2.28. The van der Waals surface area contributed by atoms with Gasteiger partial charge in [-0.05, 0) is 42.1 Å². The van der Waals surface area contributed by atoms with E-state index in [1.54, 1.807) is 0 Å². The summed E-state index contributed by atoms with van der Waals surface area (Å²) in [6.45, 7) is -0.0443. The van der Waals surface area contributed by atoms with Crippen molar-refractivity contribution in [1.82, 2.24) is 14.4 Å². The molecule has 11 heteroatoms. The Labute approximate surface area is 171 Å². The van der Waals surface area contributed by atoms with E-state index in [4.69, 9.17) is 9.26 Å². The smallest absolute Gasteiger partial charge is 0.306 e. The molecule has 0 saturated carbocycles. The molecule has 0 N–H and O–H groups in total. The molecule has 0 aliphatic rings. The van der Waals surface area contributed by atoms with Crippen LogP contribution in [0.4, 0.5) is 4.39 Å². The van der Waals surface area contributed by atoms with Crippen LogP contribution >= 0.6 is 11.3 Å². The van der Waals surface area contributed by atoms with Gasteiger partial charge >= 0.3 is 5.97 Å². The monoisotopic (exact) mass is 439 g/mol. The Morgan fingerprint density at radius 3 is 2.72 bits per heavy atom. The summed E-state index contributed by atoms with van der Waals surface area (Å²) in [4.78, 5) is 16.0. The molecule has 2 aromatic heterocycles. The Morgan fingerprint density at radius 1 is 1.28 bits per heavy atom. The van der Waals surface area contributed by atoms with Crippen molar-refractivity contribution in [2.24, 2.45) is 0 Å². The first-order valence-electron chi connectivity index (χ1n) is 8.59. The molecular weight excluding hydrogens is 421 g/mol. The molecule has 0 unspecified atom stereocenters. The molecule has 29 heavy (non-hydrogen) atoms. The Balaban J connectivity index is 1.43. The van der Waals surface area contributed by atoms with Crippen molar-refractivity contribution in [2.75, 3.05) is 13.6 Å². The summed E-state index contributed by atoms with van der Waals surface area (Å²) >= 11 is 1.50. The first-order chi connectivity index (χ1) is 13.9. The Bertz CT molecular complexity index is 1050. The maximum absolute atomic E-state index is 13.0. The number of hydrogen-bond acceptors (Lipinski definition) is 8. The molecule has 0 saturated heterocycles. The van der Waals surface area contributed by atoms with Crippen LogP contribution < -0.4 is 0 Å². The number of aromatic nitrogens is 2. The molecule has 0 bridgehead atoms. The Kier molecular flexibility index (Phi) is 6.72. The lowest BCUT2D eigenvalue weighted by molar-refractivity contribution is -0.145. The van der Waals surface area contributed by atoms with Gasteiger partial charge in [0.2, 0.25) is 15.8 Å². The fraction of sp³-hybridized carbons (Fsp3) is 0.278. The van der Waals surface area contributed by atoms with Crippen molar-refractivity contribution in [3.05, 3.63) is 52.8 Å². The van der Waals surface area contributed by atoms with Gasteiger partial charge in [0.25, 0.3) is 5.89 Å². The van der Waals surface area contributed by atoms with Crippen molar-refractivity contribution in [1.29, 1.82) is 0 Å². The summed E-state index contributed by atoms with van der Waals surface area (Å²) in [5.74, 6) is -0.425. The van der Waals surface area contributed by atoms with Gasteiger partial charge in [-0.2, -0.15) is 16.3 Å². The normalized spacial score (nSPS) is 11.7. The van der Waals surface area contributed by atoms with Crippen molar-refractivity contribution in [2.45, 2.75) is 24.3 Å². The van der Waals surface area contributed by atoms with E-state index in [2.05, 4.69) is 10.1 Å². The van der Waals surface area contributed by atoms with Gasteiger partial charge < -0.3 is 9.26 Å². The quantitative estimate of drug-likeness (QED) is 0.472. The van der Waals surface area contributed by atoms with Gasteiger partial charge in [0.15, 0.2) is 6.61 Å². The van der Waals surface area contributed by atoms with E-state index in [1.807, 2.05) is 16.8 Å². The largest absolute Gasteiger partial charge is 0.456 e. The minimum absolute atomic E-state index is 0.0122. The molecule has 0 radical (unpaired) electrons. The predicted molar refractivity (Wildman–Crippen MR) is 103 cm³/mol. The lowest BCUT2D eigenvalue weighted by Gasteiger charge is -2.16. The first-order valence-corrected chi connectivity index (χ1v) is 11.0. The number of halogens is 1. The van der Waals surface area contributed by atoms with Gasteiger partial charge in [-0.3, -0.25) is 4.79 Å². The topological polar surface area (TPSA) is 103 Å². The molecule has 3 rings (SSSR count). The average molecular weight is 439 g/mol. The molecule has 1 aromatic carbocycles. The zero-order chi connectivity index (χ0) is 20.9. The van der Waals surface area contributed by atoms with E-state index in [0.717, 1.165) is 22.0 Å². The molecule has 0 spiro atoms. The van der Waals surface area contributed by atoms with Crippen LogP contribution in [0.5, 0.6) is 0 Å². The van der Waals surface area contributed by atoms with Gasteiger partial charge in [-0.25, -0.2) is 17.1 Å². The maximum atomic E-state index is 13.0. The van der Waals surface area contributed by atoms with Crippen molar-refractivity contribution in [3.63, 3.8) is 0 Å². The first kappa shape index (κ1) is 21.1. The van der Waals surface area contributed by atoms with Gasteiger partial charge in [0.1, 0.15) is 5.82 Å². The number of sulfonamides is 1. The number of ether oxygens (including phenoxy) is 1. The van der Waals surface area contributed by atoms with Crippen LogP contribution in [0.1, 0.15) is 18.7 Å². The number of carbonyl (C=O) groups is 1. The van der Waals surface area contributed by atoms with Crippen molar-refractivity contribution < 1.29 is 26.9 Å². The highest BCUT2D eigenvalue weighted by Crippen LogP contribution is 2.19. The highest BCUT2D eigenvalue weighted by Gasteiger charge is 2.21. The van der Waals surface area contributed by atoms with Crippen LogP contribution in [0, 0.1) is 5.82 Å². The van der Waals surface area contributed by atoms with Crippen LogP contribution in [0.25, 0.3) is 11.4 Å². The highest BCUT2D eigenvalue weighted by atomic mass is 32.2. The van der Waals surface area contributed by atoms with Crippen LogP contribution in [-0.4, -0.2) is 42.4 Å². The second kappa shape index (κ2) is 9.25. The molecule has 0 fully saturated rings. The van der Waals surface area contributed by atoms with E-state index < -0.39 is 21.8 Å². The van der Waals surface area contributed by atoms with Gasteiger partial charge in [0, 0.05) is 31.0 Å². The molecular formula is C18H18FN3O5S2. The molecule has 0 aliphatic heterocycles. The minimum Gasteiger partial charge on any atom is -0.456 e. The summed E-state index contributed by atoms with van der Waals surface area (Å²) < 4.78 is 49.0. The molecule has 0 amide bonds. The summed E-state index contributed by atoms with van der Waals surface area (Å²) in [6.07, 6.45) is 0.286. The second-order valence-electron chi connectivity index (χ2n) is 6.07. The fourth-order valence-corrected chi connectivity index (χ4v) is 4.23. The van der Waals surface area contributed by atoms with E-state index in [0.29, 0.717) is 5.82 Å². The molecule has 3 aromatic rings. The SMILES string of the molecule is CN(CCCC(=O)OCc1nc(-c2ccsc2)no1)S(=O)(=O)c1ccc(F)cc1. The number of thiophene rings is 1. The summed E-state index contributed by atoms with van der Waals surface area (Å²) in [6, 6.07) is 6.41. The summed E-state index contributed by atoms with van der Waals surface area (Å²) in [7, 11) is -2.35. The number of esters is 1. The molecule has 8 nitrogen and oxygen atoms in total. The third-order valence-corrected chi connectivity index (χ3v) is 6.53. The number of rotatable bonds is 9. The Morgan fingerprint density at radius 2 is 2.03 bits per heavy atom. The fourth-order valence-electron chi connectivity index (χ4n) is 2.39. The van der Waals surface area contributed by atoms with E-state index in [9.17, 15) is 17.6 Å². The number of benzene rings is 1. The van der Waals surface area contributed by atoms with E-state index in [-0.39, 0.29) is 36.8 Å². The van der Waals surface area contributed by atoms with Gasteiger partial charge in [-0.1, -0.05) is 5.16 Å². The second-order valence-corrected chi connectivity index (χ2v) is 8.89. The van der Waals surface area contributed by atoms with Crippen LogP contribution in [0.15, 0.2) is 50.5 Å². The zero-order valence-electron chi connectivity index (χ0n) is 15.4. The van der Waals surface area contributed by atoms with Crippen LogP contribution in [-0.2, 0) is 26.2 Å². The van der Waals surface area contributed by atoms with Crippen molar-refractivity contribution >= 4 is 27.3 Å². The third kappa shape index (κ3) is 5.46. The molecule has 0 atom stereocenters. The standard InChI is InChI=1S/C18H18FN3O5S2/c1-22(29(24,25)15-6-4-14(19)5-7-15)9-2-3-17(23)26-11-16-20-18(21-27-16)13-8-10-28-12-13/h4-8,10,12H,2-3,9,11H2,1H3.